The molecule has 2 aliphatic rings. The van der Waals surface area contributed by atoms with Crippen LogP contribution in [0.5, 0.6) is 0 Å². The molecule has 0 aromatic carbocycles. The quantitative estimate of drug-likeness (QED) is 0.635. The van der Waals surface area contributed by atoms with E-state index in [1.165, 1.54) is 22.3 Å². The first-order chi connectivity index (χ1) is 13.8. The van der Waals surface area contributed by atoms with E-state index in [0.717, 1.165) is 18.2 Å². The Morgan fingerprint density at radius 1 is 1.31 bits per heavy atom. The minimum absolute atomic E-state index is 0.0209. The lowest BCUT2D eigenvalue weighted by molar-refractivity contribution is -0.143. The molecule has 1 aromatic heterocycles. The van der Waals surface area contributed by atoms with Crippen molar-refractivity contribution in [1.82, 2.24) is 14.5 Å². The van der Waals surface area contributed by atoms with Gasteiger partial charge in [-0.2, -0.15) is 4.72 Å². The number of amides is 2. The van der Waals surface area contributed by atoms with Crippen molar-refractivity contribution in [2.45, 2.75) is 37.8 Å². The fourth-order valence-electron chi connectivity index (χ4n) is 3.68. The number of nitrogens with zero attached hydrogens (tertiary/aromatic N) is 2. The summed E-state index contributed by atoms with van der Waals surface area (Å²) in [5.41, 5.74) is 5.72. The second-order valence-electron chi connectivity index (χ2n) is 7.18. The maximum atomic E-state index is 12.7. The molecule has 2 amide bonds. The van der Waals surface area contributed by atoms with Crippen molar-refractivity contribution in [1.29, 1.82) is 0 Å². The van der Waals surface area contributed by atoms with Crippen LogP contribution in [0, 0.1) is 0 Å². The monoisotopic (exact) mass is 460 g/mol. The fraction of sp³-hybridized carbons (Fsp3) is 0.556. The Kier molecular flexibility index (Phi) is 7.33. The van der Waals surface area contributed by atoms with Crippen molar-refractivity contribution in [3.63, 3.8) is 0 Å². The summed E-state index contributed by atoms with van der Waals surface area (Å²) in [7, 11) is -3.81. The largest absolute Gasteiger partial charge is 0.337 e. The molecule has 3 rings (SSSR count). The van der Waals surface area contributed by atoms with E-state index in [1.54, 1.807) is 17.0 Å². The van der Waals surface area contributed by atoms with E-state index in [4.69, 9.17) is 17.3 Å². The van der Waals surface area contributed by atoms with E-state index in [2.05, 4.69) is 4.72 Å². The van der Waals surface area contributed by atoms with E-state index >= 15 is 0 Å². The molecule has 2 fully saturated rings. The Labute approximate surface area is 179 Å². The molecule has 3 heterocycles. The maximum absolute atomic E-state index is 12.7. The lowest BCUT2D eigenvalue weighted by atomic mass is 10.1. The molecule has 8 nitrogen and oxygen atoms in total. The zero-order chi connectivity index (χ0) is 21.0. The van der Waals surface area contributed by atoms with Gasteiger partial charge in [0.25, 0.3) is 0 Å². The van der Waals surface area contributed by atoms with Crippen molar-refractivity contribution < 1.29 is 18.0 Å². The summed E-state index contributed by atoms with van der Waals surface area (Å²) in [6, 6.07) is 2.54. The average Bonchev–Trinajstić information content (AvgIpc) is 3.32. The van der Waals surface area contributed by atoms with Crippen LogP contribution in [-0.4, -0.2) is 68.3 Å². The highest BCUT2D eigenvalue weighted by Gasteiger charge is 2.34. The number of carbonyl (C=O) groups excluding carboxylic acids is 2. The first-order valence-corrected chi connectivity index (χ1v) is 12.3. The number of sulfonamides is 1. The van der Waals surface area contributed by atoms with Crippen LogP contribution < -0.4 is 10.5 Å². The van der Waals surface area contributed by atoms with Crippen LogP contribution in [0.4, 0.5) is 0 Å². The minimum atomic E-state index is -3.81. The highest BCUT2D eigenvalue weighted by molar-refractivity contribution is 7.92. The molecule has 0 unspecified atom stereocenters. The van der Waals surface area contributed by atoms with Crippen LogP contribution in [0.3, 0.4) is 0 Å². The smallest absolute Gasteiger partial charge is 0.242 e. The number of likely N-dealkylation sites (tertiary alicyclic amines) is 2. The van der Waals surface area contributed by atoms with Crippen LogP contribution >= 0.6 is 22.9 Å². The molecule has 0 saturated carbocycles. The highest BCUT2D eigenvalue weighted by atomic mass is 35.5. The van der Waals surface area contributed by atoms with E-state index in [1.807, 2.05) is 0 Å². The van der Waals surface area contributed by atoms with Crippen LogP contribution in [0.15, 0.2) is 17.5 Å². The highest BCUT2D eigenvalue weighted by Crippen LogP contribution is 2.23. The molecular weight excluding hydrogens is 436 g/mol. The number of nitrogens with two attached hydrogens (primary N) is 1. The first-order valence-electron chi connectivity index (χ1n) is 9.53. The van der Waals surface area contributed by atoms with Crippen molar-refractivity contribution >= 4 is 50.9 Å². The molecule has 0 radical (unpaired) electrons. The molecule has 0 aliphatic carbocycles. The van der Waals surface area contributed by atoms with Gasteiger partial charge >= 0.3 is 0 Å². The molecule has 11 heteroatoms. The van der Waals surface area contributed by atoms with Gasteiger partial charge in [-0.05, 0) is 43.9 Å². The van der Waals surface area contributed by atoms with Crippen LogP contribution in [0.2, 0.25) is 4.34 Å². The first kappa shape index (κ1) is 22.2. The third kappa shape index (κ3) is 5.79. The zero-order valence-corrected chi connectivity index (χ0v) is 18.3. The molecule has 0 bridgehead atoms. The van der Waals surface area contributed by atoms with Crippen LogP contribution in [0.1, 0.15) is 30.6 Å². The summed E-state index contributed by atoms with van der Waals surface area (Å²) < 4.78 is 27.7. The average molecular weight is 461 g/mol. The second-order valence-corrected chi connectivity index (χ2v) is 10.5. The van der Waals surface area contributed by atoms with Crippen molar-refractivity contribution in [2.24, 2.45) is 5.73 Å². The summed E-state index contributed by atoms with van der Waals surface area (Å²) in [6.45, 7) is 1.45. The lowest BCUT2D eigenvalue weighted by Crippen LogP contribution is -2.55. The molecule has 3 N–H and O–H groups in total. The van der Waals surface area contributed by atoms with E-state index < -0.39 is 16.1 Å². The maximum Gasteiger partial charge on any atom is 0.242 e. The molecule has 2 atom stereocenters. The Morgan fingerprint density at radius 3 is 2.76 bits per heavy atom. The zero-order valence-electron chi connectivity index (χ0n) is 15.9. The number of piperidine rings is 1. The van der Waals surface area contributed by atoms with Crippen molar-refractivity contribution in [2.75, 3.05) is 26.2 Å². The van der Waals surface area contributed by atoms with Crippen LogP contribution in [0.25, 0.3) is 6.08 Å². The predicted octanol–water partition coefficient (Wildman–Crippen LogP) is 1.23. The summed E-state index contributed by atoms with van der Waals surface area (Å²) in [4.78, 5) is 29.2. The summed E-state index contributed by atoms with van der Waals surface area (Å²) in [5, 5.41) is 1.03. The van der Waals surface area contributed by atoms with Gasteiger partial charge in [0.05, 0.1) is 10.9 Å². The van der Waals surface area contributed by atoms with Gasteiger partial charge in [-0.15, -0.1) is 11.3 Å². The summed E-state index contributed by atoms with van der Waals surface area (Å²) in [6.07, 6.45) is 4.24. The number of halogens is 1. The minimum Gasteiger partial charge on any atom is -0.337 e. The number of hydrogen-bond acceptors (Lipinski definition) is 6. The predicted molar refractivity (Wildman–Crippen MR) is 114 cm³/mol. The van der Waals surface area contributed by atoms with E-state index in [9.17, 15) is 18.0 Å². The molecule has 160 valence electrons. The third-order valence-electron chi connectivity index (χ3n) is 5.14. The third-order valence-corrected chi connectivity index (χ3v) is 7.44. The topological polar surface area (TPSA) is 113 Å². The van der Waals surface area contributed by atoms with Gasteiger partial charge in [-0.25, -0.2) is 8.42 Å². The second kappa shape index (κ2) is 9.57. The van der Waals surface area contributed by atoms with Crippen molar-refractivity contribution in [3.8, 4) is 0 Å². The summed E-state index contributed by atoms with van der Waals surface area (Å²) in [5.74, 6) is -0.506. The number of nitrogens with one attached hydrogen (secondary N) is 1. The molecule has 0 spiro atoms. The summed E-state index contributed by atoms with van der Waals surface area (Å²) >= 11 is 7.10. The fourth-order valence-corrected chi connectivity index (χ4v) is 5.75. The number of thiophene rings is 1. The number of hydrogen-bond donors (Lipinski definition) is 2. The normalized spacial score (nSPS) is 23.3. The molecule has 2 aliphatic heterocycles. The Bertz CT molecular complexity index is 886. The van der Waals surface area contributed by atoms with E-state index in [0.29, 0.717) is 41.7 Å². The van der Waals surface area contributed by atoms with Gasteiger partial charge in [0.2, 0.25) is 21.8 Å². The van der Waals surface area contributed by atoms with Gasteiger partial charge in [0.1, 0.15) is 6.04 Å². The van der Waals surface area contributed by atoms with Crippen molar-refractivity contribution in [3.05, 3.63) is 26.8 Å². The van der Waals surface area contributed by atoms with Gasteiger partial charge in [-0.3, -0.25) is 9.59 Å². The Balaban J connectivity index is 1.60. The number of carbonyl (C=O) groups is 2. The Morgan fingerprint density at radius 2 is 2.07 bits per heavy atom. The molecular formula is C18H25ClN4O4S2. The van der Waals surface area contributed by atoms with Gasteiger partial charge in [-0.1, -0.05) is 11.6 Å². The van der Waals surface area contributed by atoms with Gasteiger partial charge in [0.15, 0.2) is 0 Å². The molecule has 29 heavy (non-hydrogen) atoms. The SMILES string of the molecule is NC[C@H]1CCCN1C(=O)CN1CCC[C@H](NS(=O)(=O)/C=C/c2ccc(Cl)s2)C1=O. The Hall–Kier alpha value is -1.46. The number of rotatable bonds is 7. The van der Waals surface area contributed by atoms with Crippen LogP contribution in [-0.2, 0) is 19.6 Å². The van der Waals surface area contributed by atoms with E-state index in [-0.39, 0.29) is 24.4 Å². The standard InChI is InChI=1S/C18H25ClN4O4S2/c19-16-6-5-14(28-16)7-10-29(26,27)21-15-4-2-8-22(18(15)25)12-17(24)23-9-1-3-13(23)11-20/h5-7,10,13,15,21H,1-4,8-9,11-12,20H2/b10-7+/t13-,15+/m1/s1. The molecule has 2 saturated heterocycles. The lowest BCUT2D eigenvalue weighted by Gasteiger charge is -2.33. The van der Waals surface area contributed by atoms with Gasteiger partial charge in [0, 0.05) is 36.0 Å². The van der Waals surface area contributed by atoms with Gasteiger partial charge < -0.3 is 15.5 Å². The molecule has 1 aromatic rings.